The number of hydrazine groups is 1. The zero-order valence-electron chi connectivity index (χ0n) is 9.99. The average Bonchev–Trinajstić information content (AvgIpc) is 2.28. The van der Waals surface area contributed by atoms with E-state index in [1.807, 2.05) is 26.8 Å². The van der Waals surface area contributed by atoms with Crippen LogP contribution in [0.15, 0.2) is 24.3 Å². The Balaban J connectivity index is 2.99. The quantitative estimate of drug-likeness (QED) is 0.649. The molecular weight excluding hydrogens is 238 g/mol. The highest BCUT2D eigenvalue weighted by Crippen LogP contribution is 2.15. The lowest BCUT2D eigenvalue weighted by molar-refractivity contribution is 0.0516. The summed E-state index contributed by atoms with van der Waals surface area (Å²) in [6.07, 6.45) is 0. The van der Waals surface area contributed by atoms with Gasteiger partial charge >= 0.3 is 0 Å². The van der Waals surface area contributed by atoms with Crippen LogP contribution in [0.4, 0.5) is 0 Å². The first-order valence-corrected chi connectivity index (χ1v) is 5.49. The summed E-state index contributed by atoms with van der Waals surface area (Å²) in [6.45, 7) is 5.60. The molecule has 0 unspecified atom stereocenters. The van der Waals surface area contributed by atoms with Crippen LogP contribution in [-0.4, -0.2) is 16.5 Å². The standard InChI is InChI=1S/C12H14ClN3O/c1-12(2,3)16(15-13)11(17)10-6-4-9(8-14)5-7-10/h4-7,15H,1-3H3. The molecule has 0 aromatic heterocycles. The number of nitrogens with one attached hydrogen (secondary N) is 1. The van der Waals surface area contributed by atoms with E-state index in [0.717, 1.165) is 0 Å². The first-order chi connectivity index (χ1) is 7.90. The van der Waals surface area contributed by atoms with E-state index in [1.54, 1.807) is 24.3 Å². The zero-order chi connectivity index (χ0) is 13.1. The van der Waals surface area contributed by atoms with Gasteiger partial charge in [-0.05, 0) is 56.8 Å². The molecule has 0 atom stereocenters. The molecule has 0 radical (unpaired) electrons. The van der Waals surface area contributed by atoms with Gasteiger partial charge in [0, 0.05) is 5.56 Å². The monoisotopic (exact) mass is 251 g/mol. The number of hydrogen-bond acceptors (Lipinski definition) is 3. The Morgan fingerprint density at radius 1 is 1.35 bits per heavy atom. The van der Waals surface area contributed by atoms with E-state index in [0.29, 0.717) is 11.1 Å². The third kappa shape index (κ3) is 3.19. The molecule has 1 amide bonds. The Labute approximate surface area is 106 Å². The molecule has 90 valence electrons. The fourth-order valence-electron chi connectivity index (χ4n) is 1.29. The molecule has 1 aromatic carbocycles. The number of rotatable bonds is 2. The van der Waals surface area contributed by atoms with Crippen molar-refractivity contribution in [2.24, 2.45) is 0 Å². The number of halogens is 1. The third-order valence-electron chi connectivity index (χ3n) is 2.22. The number of amides is 1. The Morgan fingerprint density at radius 3 is 2.24 bits per heavy atom. The van der Waals surface area contributed by atoms with E-state index >= 15 is 0 Å². The minimum Gasteiger partial charge on any atom is -0.268 e. The van der Waals surface area contributed by atoms with Gasteiger partial charge in [0.25, 0.3) is 5.91 Å². The van der Waals surface area contributed by atoms with Crippen molar-refractivity contribution in [3.63, 3.8) is 0 Å². The van der Waals surface area contributed by atoms with Gasteiger partial charge in [-0.3, -0.25) is 9.80 Å². The summed E-state index contributed by atoms with van der Waals surface area (Å²) in [7, 11) is 0. The summed E-state index contributed by atoms with van der Waals surface area (Å²) in [5.41, 5.74) is 0.557. The van der Waals surface area contributed by atoms with E-state index < -0.39 is 5.54 Å². The van der Waals surface area contributed by atoms with E-state index in [4.69, 9.17) is 17.0 Å². The van der Waals surface area contributed by atoms with Gasteiger partial charge in [-0.2, -0.15) is 5.26 Å². The second-order valence-corrected chi connectivity index (χ2v) is 4.75. The van der Waals surface area contributed by atoms with Gasteiger partial charge in [0.2, 0.25) is 0 Å². The predicted octanol–water partition coefficient (Wildman–Crippen LogP) is 2.46. The van der Waals surface area contributed by atoms with E-state index in [2.05, 4.69) is 4.94 Å². The summed E-state index contributed by atoms with van der Waals surface area (Å²) in [4.78, 5) is 14.5. The molecule has 0 aliphatic carbocycles. The van der Waals surface area contributed by atoms with Crippen molar-refractivity contribution in [1.82, 2.24) is 9.95 Å². The molecule has 5 heteroatoms. The zero-order valence-corrected chi connectivity index (χ0v) is 10.7. The van der Waals surface area contributed by atoms with E-state index in [1.165, 1.54) is 5.01 Å². The van der Waals surface area contributed by atoms with Crippen molar-refractivity contribution in [3.05, 3.63) is 35.4 Å². The van der Waals surface area contributed by atoms with Gasteiger partial charge in [-0.25, -0.2) is 0 Å². The van der Waals surface area contributed by atoms with E-state index in [9.17, 15) is 4.79 Å². The Bertz CT molecular complexity index is 442. The molecule has 1 N–H and O–H groups in total. The molecule has 0 aliphatic heterocycles. The normalized spacial score (nSPS) is 10.8. The number of carbonyl (C=O) groups is 1. The molecule has 0 saturated heterocycles. The van der Waals surface area contributed by atoms with Crippen LogP contribution in [0.1, 0.15) is 36.7 Å². The van der Waals surface area contributed by atoms with E-state index in [-0.39, 0.29) is 5.91 Å². The summed E-state index contributed by atoms with van der Waals surface area (Å²) in [5.74, 6) is -0.239. The molecule has 0 heterocycles. The summed E-state index contributed by atoms with van der Waals surface area (Å²) < 4.78 is 0. The smallest absolute Gasteiger partial charge is 0.268 e. The number of benzene rings is 1. The fourth-order valence-corrected chi connectivity index (χ4v) is 1.62. The summed E-state index contributed by atoms with van der Waals surface area (Å²) >= 11 is 5.56. The molecule has 4 nitrogen and oxygen atoms in total. The topological polar surface area (TPSA) is 56.1 Å². The highest BCUT2D eigenvalue weighted by molar-refractivity contribution is 6.14. The van der Waals surface area contributed by atoms with Crippen LogP contribution in [0.25, 0.3) is 0 Å². The van der Waals surface area contributed by atoms with Gasteiger partial charge in [0.15, 0.2) is 0 Å². The highest BCUT2D eigenvalue weighted by atomic mass is 35.5. The molecule has 1 rings (SSSR count). The van der Waals surface area contributed by atoms with Crippen LogP contribution in [0.5, 0.6) is 0 Å². The van der Waals surface area contributed by atoms with Crippen molar-refractivity contribution in [2.75, 3.05) is 0 Å². The number of hydrogen-bond donors (Lipinski definition) is 1. The second kappa shape index (κ2) is 5.17. The molecule has 0 bridgehead atoms. The molecule has 0 spiro atoms. The van der Waals surface area contributed by atoms with Crippen molar-refractivity contribution in [1.29, 1.82) is 5.26 Å². The van der Waals surface area contributed by atoms with Crippen molar-refractivity contribution in [3.8, 4) is 6.07 Å². The van der Waals surface area contributed by atoms with Crippen LogP contribution in [-0.2, 0) is 0 Å². The maximum absolute atomic E-state index is 12.1. The van der Waals surface area contributed by atoms with Gasteiger partial charge in [-0.1, -0.05) is 0 Å². The number of nitrogens with zero attached hydrogens (tertiary/aromatic N) is 2. The van der Waals surface area contributed by atoms with Crippen molar-refractivity contribution >= 4 is 17.7 Å². The van der Waals surface area contributed by atoms with Crippen LogP contribution in [0.3, 0.4) is 0 Å². The van der Waals surface area contributed by atoms with Crippen LogP contribution in [0, 0.1) is 11.3 Å². The average molecular weight is 252 g/mol. The maximum atomic E-state index is 12.1. The summed E-state index contributed by atoms with van der Waals surface area (Å²) in [6, 6.07) is 8.41. The molecule has 1 aromatic rings. The first-order valence-electron chi connectivity index (χ1n) is 5.11. The molecular formula is C12H14ClN3O. The van der Waals surface area contributed by atoms with Crippen LogP contribution in [0.2, 0.25) is 0 Å². The number of nitriles is 1. The SMILES string of the molecule is CC(C)(C)N(NCl)C(=O)c1ccc(C#N)cc1. The lowest BCUT2D eigenvalue weighted by atomic mass is 10.1. The molecule has 0 aliphatic rings. The van der Waals surface area contributed by atoms with Crippen molar-refractivity contribution in [2.45, 2.75) is 26.3 Å². The number of carbonyl (C=O) groups excluding carboxylic acids is 1. The van der Waals surface area contributed by atoms with Crippen LogP contribution < -0.4 is 4.94 Å². The minimum atomic E-state index is -0.438. The third-order valence-corrected chi connectivity index (χ3v) is 2.39. The largest absolute Gasteiger partial charge is 0.269 e. The molecule has 0 saturated carbocycles. The first kappa shape index (κ1) is 13.5. The van der Waals surface area contributed by atoms with Gasteiger partial charge in [-0.15, -0.1) is 4.94 Å². The Kier molecular flexibility index (Phi) is 4.11. The summed E-state index contributed by atoms with van der Waals surface area (Å²) in [5, 5.41) is 10.0. The molecule has 0 fully saturated rings. The highest BCUT2D eigenvalue weighted by Gasteiger charge is 2.26. The lowest BCUT2D eigenvalue weighted by Gasteiger charge is -2.33. The fraction of sp³-hybridized carbons (Fsp3) is 0.333. The van der Waals surface area contributed by atoms with Crippen LogP contribution >= 0.6 is 11.8 Å². The predicted molar refractivity (Wildman–Crippen MR) is 66.1 cm³/mol. The second-order valence-electron chi connectivity index (χ2n) is 4.59. The van der Waals surface area contributed by atoms with Gasteiger partial charge in [0.1, 0.15) is 0 Å². The Hall–Kier alpha value is -1.57. The minimum absolute atomic E-state index is 0.239. The van der Waals surface area contributed by atoms with Crippen molar-refractivity contribution < 1.29 is 4.79 Å². The van der Waals surface area contributed by atoms with Gasteiger partial charge < -0.3 is 0 Å². The Morgan fingerprint density at radius 2 is 1.88 bits per heavy atom. The van der Waals surface area contributed by atoms with Gasteiger partial charge in [0.05, 0.1) is 17.2 Å². The maximum Gasteiger partial charge on any atom is 0.269 e. The molecule has 17 heavy (non-hydrogen) atoms. The lowest BCUT2D eigenvalue weighted by Crippen LogP contribution is -2.50.